The molecular weight excluding hydrogens is 398 g/mol. The summed E-state index contributed by atoms with van der Waals surface area (Å²) in [7, 11) is 0. The molecule has 0 saturated carbocycles. The summed E-state index contributed by atoms with van der Waals surface area (Å²) in [6.45, 7) is -1.45. The van der Waals surface area contributed by atoms with E-state index >= 15 is 0 Å². The Labute approximate surface area is 163 Å². The number of carbonyl (C=O) groups is 4. The predicted molar refractivity (Wildman–Crippen MR) is 69.7 cm³/mol. The van der Waals surface area contributed by atoms with Crippen LogP contribution in [0.5, 0.6) is 0 Å². The Kier molecular flexibility index (Phi) is 26.8. The standard InChI is InChI=1S/C11H18N2O8.H3N.O2.H2O.Ti/c1-7(13(5-10(18)19)6-11(20)21)2-12(3-8(14)15)4-9(16)17;;1-2;;/h7H,2-6H2,1H3,(H,14,15)(H,16,17)(H,18,19)(H,20,21);1H3;;1H2;/q;;-2;;+4/p-2/t7-;;;;/m0..../s1. The first-order valence-corrected chi connectivity index (χ1v) is 6.06. The molecule has 150 valence electrons. The minimum atomic E-state index is -1.52. The van der Waals surface area contributed by atoms with Crippen molar-refractivity contribution in [1.82, 2.24) is 16.0 Å². The third-order valence-corrected chi connectivity index (χ3v) is 2.52. The molecule has 0 aliphatic rings. The number of aliphatic carboxylic acids is 4. The van der Waals surface area contributed by atoms with Gasteiger partial charge in [0.25, 0.3) is 0 Å². The van der Waals surface area contributed by atoms with Gasteiger partial charge < -0.3 is 57.0 Å². The van der Waals surface area contributed by atoms with E-state index in [0.717, 1.165) is 9.80 Å². The molecule has 1 atom stereocenters. The zero-order valence-electron chi connectivity index (χ0n) is 14.1. The molecule has 0 saturated heterocycles. The van der Waals surface area contributed by atoms with E-state index in [0.29, 0.717) is 0 Å². The van der Waals surface area contributed by atoms with Crippen molar-refractivity contribution in [2.75, 3.05) is 32.7 Å². The van der Waals surface area contributed by atoms with Crippen molar-refractivity contribution < 1.29 is 77.3 Å². The van der Waals surface area contributed by atoms with E-state index in [9.17, 15) is 34.5 Å². The first-order chi connectivity index (χ1) is 10.6. The molecule has 0 aliphatic heterocycles. The fraction of sp³-hybridized carbons (Fsp3) is 0.636. The van der Waals surface area contributed by atoms with E-state index in [-0.39, 0.29) is 39.9 Å². The molecular formula is C11H21N3O11Ti. The maximum absolute atomic E-state index is 10.6. The van der Waals surface area contributed by atoms with Gasteiger partial charge in [-0.25, -0.2) is 0 Å². The second-order valence-corrected chi connectivity index (χ2v) is 4.43. The molecule has 0 radical (unpaired) electrons. The number of carboxylic acid groups (broad SMARTS) is 4. The van der Waals surface area contributed by atoms with Crippen LogP contribution in [0.2, 0.25) is 0 Å². The van der Waals surface area contributed by atoms with Gasteiger partial charge >= 0.3 is 27.7 Å². The Hall–Kier alpha value is -1.65. The Bertz CT molecular complexity index is 392. The van der Waals surface area contributed by atoms with Gasteiger partial charge in [-0.05, 0) is 6.92 Å². The number of carbonyl (C=O) groups excluding carboxylic acids is 3. The van der Waals surface area contributed by atoms with Crippen molar-refractivity contribution in [3.05, 3.63) is 0 Å². The van der Waals surface area contributed by atoms with E-state index in [1.165, 1.54) is 6.92 Å². The molecule has 15 heteroatoms. The Balaban J connectivity index is -0.000000283. The summed E-state index contributed by atoms with van der Waals surface area (Å²) in [5.41, 5.74) is 0. The molecule has 0 amide bonds. The molecule has 0 bridgehead atoms. The summed E-state index contributed by atoms with van der Waals surface area (Å²) in [5, 5.41) is 54.3. The zero-order chi connectivity index (χ0) is 18.6. The van der Waals surface area contributed by atoms with Crippen LogP contribution in [0.1, 0.15) is 6.92 Å². The van der Waals surface area contributed by atoms with Gasteiger partial charge in [0.05, 0.1) is 24.5 Å². The smallest absolute Gasteiger partial charge is 1.00 e. The molecule has 0 heterocycles. The van der Waals surface area contributed by atoms with Crippen molar-refractivity contribution in [3.63, 3.8) is 0 Å². The third-order valence-electron chi connectivity index (χ3n) is 2.52. The molecule has 0 aromatic carbocycles. The molecule has 0 aromatic rings. The van der Waals surface area contributed by atoms with Crippen LogP contribution in [-0.4, -0.2) is 83.0 Å². The summed E-state index contributed by atoms with van der Waals surface area (Å²) in [5.74, 6) is -5.83. The largest absolute Gasteiger partial charge is 4.00 e. The zero-order valence-corrected chi connectivity index (χ0v) is 15.7. The van der Waals surface area contributed by atoms with Gasteiger partial charge in [-0.1, -0.05) is 0 Å². The Morgan fingerprint density at radius 3 is 1.50 bits per heavy atom. The van der Waals surface area contributed by atoms with Crippen molar-refractivity contribution in [1.29, 1.82) is 0 Å². The second-order valence-electron chi connectivity index (χ2n) is 4.43. The second kappa shape index (κ2) is 19.7. The van der Waals surface area contributed by atoms with Crippen LogP contribution in [0.25, 0.3) is 0 Å². The topological polar surface area (TPSA) is 278 Å². The van der Waals surface area contributed by atoms with E-state index < -0.39 is 56.1 Å². The number of quaternary nitrogens is 1. The monoisotopic (exact) mass is 419 g/mol. The molecule has 0 rings (SSSR count). The summed E-state index contributed by atoms with van der Waals surface area (Å²) in [6.07, 6.45) is 0. The Morgan fingerprint density at radius 2 is 1.23 bits per heavy atom. The summed E-state index contributed by atoms with van der Waals surface area (Å²) >= 11 is 0. The average Bonchev–Trinajstić information content (AvgIpc) is 2.37. The van der Waals surface area contributed by atoms with Crippen LogP contribution in [0.3, 0.4) is 0 Å². The molecule has 0 aromatic heterocycles. The third kappa shape index (κ3) is 20.4. The van der Waals surface area contributed by atoms with Crippen molar-refractivity contribution in [2.45, 2.75) is 13.0 Å². The van der Waals surface area contributed by atoms with Gasteiger partial charge in [0, 0.05) is 32.2 Å². The first-order valence-electron chi connectivity index (χ1n) is 6.06. The van der Waals surface area contributed by atoms with Gasteiger partial charge in [0.15, 0.2) is 0 Å². The van der Waals surface area contributed by atoms with Crippen molar-refractivity contribution >= 4 is 23.9 Å². The van der Waals surface area contributed by atoms with Crippen LogP contribution in [-0.2, 0) is 40.9 Å². The summed E-state index contributed by atoms with van der Waals surface area (Å²) in [6, 6.07) is -0.750. The van der Waals surface area contributed by atoms with Crippen molar-refractivity contribution in [3.8, 4) is 0 Å². The van der Waals surface area contributed by atoms with Crippen LogP contribution in [0, 0.1) is 0 Å². The van der Waals surface area contributed by atoms with Crippen LogP contribution in [0.4, 0.5) is 0 Å². The maximum Gasteiger partial charge on any atom is 4.00 e. The first kappa shape index (κ1) is 35.5. The molecule has 0 unspecified atom stereocenters. The van der Waals surface area contributed by atoms with Gasteiger partial charge in [-0.15, -0.1) is 0 Å². The van der Waals surface area contributed by atoms with Gasteiger partial charge in [0.1, 0.15) is 0 Å². The van der Waals surface area contributed by atoms with E-state index in [2.05, 4.69) is 0 Å². The molecule has 0 fully saturated rings. The van der Waals surface area contributed by atoms with Crippen LogP contribution >= 0.6 is 0 Å². The van der Waals surface area contributed by atoms with Gasteiger partial charge in [0.2, 0.25) is 0 Å². The number of hydrogen-bond donors (Lipinski definition) is 2. The minimum absolute atomic E-state index is 0. The van der Waals surface area contributed by atoms with E-state index in [1.54, 1.807) is 0 Å². The average molecular weight is 419 g/mol. The summed E-state index contributed by atoms with van der Waals surface area (Å²) < 4.78 is 0. The number of carboxylic acids is 4. The SMILES string of the molecule is C[C@@H](CN(CC(=O)[O-])CC(=O)O)N(CC(=O)[O-])CC(=O)[O-].O.[NH4+].[O-][O-].[Ti+4]. The van der Waals surface area contributed by atoms with Crippen molar-refractivity contribution in [2.24, 2.45) is 0 Å². The maximum atomic E-state index is 10.6. The number of hydrogen-bond acceptors (Lipinski definition) is 11. The van der Waals surface area contributed by atoms with Crippen LogP contribution in [0.15, 0.2) is 0 Å². The normalized spacial score (nSPS) is 10.2. The fourth-order valence-electron chi connectivity index (χ4n) is 1.75. The van der Waals surface area contributed by atoms with E-state index in [1.807, 2.05) is 0 Å². The Morgan fingerprint density at radius 1 is 0.885 bits per heavy atom. The molecule has 14 nitrogen and oxygen atoms in total. The van der Waals surface area contributed by atoms with Gasteiger partial charge in [-0.2, -0.15) is 0 Å². The summed E-state index contributed by atoms with van der Waals surface area (Å²) in [4.78, 5) is 44.2. The molecule has 0 aliphatic carbocycles. The minimum Gasteiger partial charge on any atom is -1.00 e. The molecule has 0 spiro atoms. The molecule has 7 N–H and O–H groups in total. The van der Waals surface area contributed by atoms with E-state index in [4.69, 9.17) is 15.6 Å². The molecule has 26 heavy (non-hydrogen) atoms. The number of rotatable bonds is 11. The fourth-order valence-corrected chi connectivity index (χ4v) is 1.75. The number of nitrogens with zero attached hydrogens (tertiary/aromatic N) is 2. The van der Waals surface area contributed by atoms with Crippen LogP contribution < -0.4 is 32.0 Å². The van der Waals surface area contributed by atoms with Gasteiger partial charge in [-0.3, -0.25) is 14.6 Å². The quantitative estimate of drug-likeness (QED) is 0.179. The predicted octanol–water partition coefficient (Wildman–Crippen LogP) is -8.52.